The molecule has 0 spiro atoms. The lowest BCUT2D eigenvalue weighted by Crippen LogP contribution is -2.48. The summed E-state index contributed by atoms with van der Waals surface area (Å²) in [5, 5.41) is 12.1. The van der Waals surface area contributed by atoms with Gasteiger partial charge in [0.15, 0.2) is 0 Å². The zero-order valence-electron chi connectivity index (χ0n) is 10.6. The van der Waals surface area contributed by atoms with Crippen LogP contribution in [0.15, 0.2) is 0 Å². The van der Waals surface area contributed by atoms with Crippen molar-refractivity contribution in [3.05, 3.63) is 0 Å². The van der Waals surface area contributed by atoms with Crippen LogP contribution in [0.25, 0.3) is 0 Å². The Hall–Kier alpha value is -1.08. The van der Waals surface area contributed by atoms with Crippen molar-refractivity contribution in [1.82, 2.24) is 10.2 Å². The van der Waals surface area contributed by atoms with Crippen LogP contribution in [0.3, 0.4) is 0 Å². The van der Waals surface area contributed by atoms with E-state index >= 15 is 0 Å². The summed E-state index contributed by atoms with van der Waals surface area (Å²) >= 11 is 0. The molecule has 0 saturated carbocycles. The standard InChI is InChI=1S/C12H21N3O/c1-9-5-6-10(7-13)15(9)11(16)8-14-12(2,3)4/h9-10,14H,5-6,8H2,1-4H3. The van der Waals surface area contributed by atoms with Crippen molar-refractivity contribution in [2.45, 2.75) is 58.2 Å². The van der Waals surface area contributed by atoms with E-state index in [1.54, 1.807) is 4.90 Å². The minimum atomic E-state index is -0.232. The summed E-state index contributed by atoms with van der Waals surface area (Å²) in [6.07, 6.45) is 1.73. The van der Waals surface area contributed by atoms with E-state index in [9.17, 15) is 4.79 Å². The van der Waals surface area contributed by atoms with Crippen molar-refractivity contribution >= 4 is 5.91 Å². The van der Waals surface area contributed by atoms with Gasteiger partial charge in [-0.2, -0.15) is 5.26 Å². The van der Waals surface area contributed by atoms with Gasteiger partial charge in [-0.05, 0) is 40.5 Å². The first-order valence-electron chi connectivity index (χ1n) is 5.81. The fourth-order valence-electron chi connectivity index (χ4n) is 1.96. The molecule has 16 heavy (non-hydrogen) atoms. The maximum Gasteiger partial charge on any atom is 0.237 e. The van der Waals surface area contributed by atoms with Crippen molar-refractivity contribution in [2.24, 2.45) is 0 Å². The van der Waals surface area contributed by atoms with E-state index in [1.165, 1.54) is 0 Å². The third kappa shape index (κ3) is 3.21. The van der Waals surface area contributed by atoms with Crippen molar-refractivity contribution in [3.63, 3.8) is 0 Å². The molecule has 1 saturated heterocycles. The van der Waals surface area contributed by atoms with Gasteiger partial charge < -0.3 is 10.2 Å². The molecule has 1 amide bonds. The topological polar surface area (TPSA) is 56.1 Å². The Balaban J connectivity index is 2.56. The van der Waals surface area contributed by atoms with E-state index in [-0.39, 0.29) is 23.5 Å². The largest absolute Gasteiger partial charge is 0.323 e. The predicted octanol–water partition coefficient (Wildman–Crippen LogP) is 1.28. The van der Waals surface area contributed by atoms with Gasteiger partial charge in [0.05, 0.1) is 12.6 Å². The van der Waals surface area contributed by atoms with E-state index in [4.69, 9.17) is 5.26 Å². The van der Waals surface area contributed by atoms with Crippen LogP contribution < -0.4 is 5.32 Å². The number of carbonyl (C=O) groups excluding carboxylic acids is 1. The summed E-state index contributed by atoms with van der Waals surface area (Å²) in [6, 6.07) is 2.16. The Morgan fingerprint density at radius 3 is 2.62 bits per heavy atom. The van der Waals surface area contributed by atoms with Crippen molar-refractivity contribution in [3.8, 4) is 6.07 Å². The normalized spacial score (nSPS) is 25.6. The molecule has 1 N–H and O–H groups in total. The number of likely N-dealkylation sites (tertiary alicyclic amines) is 1. The zero-order valence-corrected chi connectivity index (χ0v) is 10.6. The van der Waals surface area contributed by atoms with Crippen molar-refractivity contribution in [1.29, 1.82) is 5.26 Å². The highest BCUT2D eigenvalue weighted by Gasteiger charge is 2.34. The lowest BCUT2D eigenvalue weighted by Gasteiger charge is -2.27. The molecule has 0 aromatic rings. The number of amides is 1. The SMILES string of the molecule is CC1CCC(C#N)N1C(=O)CNC(C)(C)C. The Labute approximate surface area is 97.6 Å². The average molecular weight is 223 g/mol. The Kier molecular flexibility index (Phi) is 3.93. The van der Waals surface area contributed by atoms with Crippen molar-refractivity contribution in [2.75, 3.05) is 6.54 Å². The highest BCUT2D eigenvalue weighted by molar-refractivity contribution is 5.79. The smallest absolute Gasteiger partial charge is 0.237 e. The maximum atomic E-state index is 12.0. The first-order valence-corrected chi connectivity index (χ1v) is 5.81. The van der Waals surface area contributed by atoms with Gasteiger partial charge in [-0.3, -0.25) is 4.79 Å². The highest BCUT2D eigenvalue weighted by Crippen LogP contribution is 2.23. The maximum absolute atomic E-state index is 12.0. The first kappa shape index (κ1) is 13.0. The molecule has 0 bridgehead atoms. The van der Waals surface area contributed by atoms with Crippen LogP contribution in [0.2, 0.25) is 0 Å². The van der Waals surface area contributed by atoms with E-state index in [2.05, 4.69) is 11.4 Å². The minimum Gasteiger partial charge on any atom is -0.323 e. The predicted molar refractivity (Wildman–Crippen MR) is 62.7 cm³/mol. The second-order valence-electron chi connectivity index (χ2n) is 5.48. The summed E-state index contributed by atoms with van der Waals surface area (Å²) in [5.41, 5.74) is -0.0687. The Bertz CT molecular complexity index is 300. The van der Waals surface area contributed by atoms with Crippen LogP contribution in [0.4, 0.5) is 0 Å². The Morgan fingerprint density at radius 2 is 2.12 bits per heavy atom. The van der Waals surface area contributed by atoms with Gasteiger partial charge in [0.25, 0.3) is 0 Å². The molecule has 2 atom stereocenters. The van der Waals surface area contributed by atoms with Gasteiger partial charge in [-0.25, -0.2) is 0 Å². The molecule has 4 nitrogen and oxygen atoms in total. The van der Waals surface area contributed by atoms with Gasteiger partial charge >= 0.3 is 0 Å². The zero-order chi connectivity index (χ0) is 12.3. The van der Waals surface area contributed by atoms with E-state index in [1.807, 2.05) is 27.7 Å². The van der Waals surface area contributed by atoms with Gasteiger partial charge in [0.2, 0.25) is 5.91 Å². The monoisotopic (exact) mass is 223 g/mol. The summed E-state index contributed by atoms with van der Waals surface area (Å²) in [4.78, 5) is 13.7. The quantitative estimate of drug-likeness (QED) is 0.767. The lowest BCUT2D eigenvalue weighted by atomic mass is 10.1. The van der Waals surface area contributed by atoms with Crippen LogP contribution in [0.1, 0.15) is 40.5 Å². The lowest BCUT2D eigenvalue weighted by molar-refractivity contribution is -0.132. The summed E-state index contributed by atoms with van der Waals surface area (Å²) < 4.78 is 0. The number of carbonyl (C=O) groups is 1. The second-order valence-corrected chi connectivity index (χ2v) is 5.48. The van der Waals surface area contributed by atoms with Crippen LogP contribution in [0.5, 0.6) is 0 Å². The fraction of sp³-hybridized carbons (Fsp3) is 0.833. The number of nitrogens with zero attached hydrogens (tertiary/aromatic N) is 2. The molecule has 2 unspecified atom stereocenters. The summed E-state index contributed by atoms with van der Waals surface area (Å²) in [5.74, 6) is 0.0338. The third-order valence-corrected chi connectivity index (χ3v) is 2.88. The van der Waals surface area contributed by atoms with Crippen molar-refractivity contribution < 1.29 is 4.79 Å². The molecule has 0 aromatic heterocycles. The van der Waals surface area contributed by atoms with Gasteiger partial charge in [-0.15, -0.1) is 0 Å². The number of nitriles is 1. The first-order chi connectivity index (χ1) is 7.35. The number of rotatable bonds is 2. The third-order valence-electron chi connectivity index (χ3n) is 2.88. The van der Waals surface area contributed by atoms with Gasteiger partial charge in [0, 0.05) is 11.6 Å². The highest BCUT2D eigenvalue weighted by atomic mass is 16.2. The Morgan fingerprint density at radius 1 is 1.50 bits per heavy atom. The number of nitrogens with one attached hydrogen (secondary N) is 1. The molecule has 1 aliphatic heterocycles. The van der Waals surface area contributed by atoms with Crippen LogP contribution in [-0.4, -0.2) is 35.0 Å². The molecule has 0 radical (unpaired) electrons. The molecule has 1 aliphatic rings. The van der Waals surface area contributed by atoms with Gasteiger partial charge in [0.1, 0.15) is 6.04 Å². The average Bonchev–Trinajstić information content (AvgIpc) is 2.55. The summed E-state index contributed by atoms with van der Waals surface area (Å²) in [6.45, 7) is 8.39. The van der Waals surface area contributed by atoms with E-state index < -0.39 is 0 Å². The van der Waals surface area contributed by atoms with E-state index in [0.29, 0.717) is 6.54 Å². The minimum absolute atomic E-state index is 0.0338. The molecule has 0 aromatic carbocycles. The molecular formula is C12H21N3O. The number of hydrogen-bond donors (Lipinski definition) is 1. The van der Waals surface area contributed by atoms with Gasteiger partial charge in [-0.1, -0.05) is 0 Å². The molecule has 1 heterocycles. The summed E-state index contributed by atoms with van der Waals surface area (Å²) in [7, 11) is 0. The molecule has 1 fully saturated rings. The van der Waals surface area contributed by atoms with Crippen LogP contribution in [-0.2, 0) is 4.79 Å². The molecule has 90 valence electrons. The second kappa shape index (κ2) is 4.84. The molecular weight excluding hydrogens is 202 g/mol. The van der Waals surface area contributed by atoms with Crippen LogP contribution in [0, 0.1) is 11.3 Å². The van der Waals surface area contributed by atoms with E-state index in [0.717, 1.165) is 12.8 Å². The number of hydrogen-bond acceptors (Lipinski definition) is 3. The van der Waals surface area contributed by atoms with Crippen LogP contribution >= 0.6 is 0 Å². The fourth-order valence-corrected chi connectivity index (χ4v) is 1.96. The molecule has 1 rings (SSSR count). The molecule has 0 aliphatic carbocycles. The molecule has 4 heteroatoms.